The molecule has 1 aromatic heterocycles. The summed E-state index contributed by atoms with van der Waals surface area (Å²) in [5.41, 5.74) is 1.15. The predicted molar refractivity (Wildman–Crippen MR) is 80.6 cm³/mol. The normalized spacial score (nSPS) is 10.6. The number of benzene rings is 2. The van der Waals surface area contributed by atoms with Crippen LogP contribution >= 0.6 is 11.6 Å². The first kappa shape index (κ1) is 15.2. The van der Waals surface area contributed by atoms with Crippen molar-refractivity contribution in [2.75, 3.05) is 0 Å². The summed E-state index contributed by atoms with van der Waals surface area (Å²) in [7, 11) is 0. The lowest BCUT2D eigenvalue weighted by Gasteiger charge is -2.08. The Balaban J connectivity index is 2.20. The molecule has 0 saturated carbocycles. The third-order valence-electron chi connectivity index (χ3n) is 3.07. The highest BCUT2D eigenvalue weighted by Crippen LogP contribution is 2.29. The largest absolute Gasteiger partial charge is 0.408 e. The maximum Gasteiger partial charge on any atom is 0.299 e. The van der Waals surface area contributed by atoms with E-state index < -0.39 is 11.6 Å². The summed E-state index contributed by atoms with van der Waals surface area (Å²) in [5, 5.41) is 4.57. The van der Waals surface area contributed by atoms with Crippen LogP contribution in [-0.2, 0) is 4.79 Å². The molecule has 0 saturated heterocycles. The van der Waals surface area contributed by atoms with Crippen molar-refractivity contribution < 1.29 is 18.3 Å². The Morgan fingerprint density at radius 2 is 1.83 bits per heavy atom. The molecule has 3 aromatic rings. The fraction of sp³-hybridized carbons (Fsp3) is 0. The molecule has 0 aliphatic heterocycles. The molecule has 0 radical (unpaired) electrons. The van der Waals surface area contributed by atoms with E-state index in [1.165, 1.54) is 10.7 Å². The molecule has 0 bridgehead atoms. The van der Waals surface area contributed by atoms with Crippen molar-refractivity contribution in [2.45, 2.75) is 0 Å². The van der Waals surface area contributed by atoms with E-state index in [2.05, 4.69) is 5.10 Å². The fourth-order valence-electron chi connectivity index (χ4n) is 2.18. The van der Waals surface area contributed by atoms with Gasteiger partial charge in [-0.3, -0.25) is 4.79 Å². The number of nitrogens with zero attached hydrogens (tertiary/aromatic N) is 2. The average Bonchev–Trinajstić information content (AvgIpc) is 2.91. The number of carbonyl (C=O) groups is 1. The van der Waals surface area contributed by atoms with Gasteiger partial charge in [0.1, 0.15) is 11.6 Å². The van der Waals surface area contributed by atoms with Crippen molar-refractivity contribution in [1.29, 1.82) is 0 Å². The first-order valence-electron chi connectivity index (χ1n) is 6.49. The minimum absolute atomic E-state index is 0.000329. The topological polar surface area (TPSA) is 44.1 Å². The maximum absolute atomic E-state index is 13.5. The van der Waals surface area contributed by atoms with Crippen LogP contribution in [0.15, 0.2) is 48.5 Å². The van der Waals surface area contributed by atoms with Crippen LogP contribution < -0.4 is 4.74 Å². The van der Waals surface area contributed by atoms with E-state index in [-0.39, 0.29) is 17.9 Å². The molecule has 7 heteroatoms. The lowest BCUT2D eigenvalue weighted by atomic mass is 10.1. The Kier molecular flexibility index (Phi) is 4.08. The molecule has 1 heterocycles. The van der Waals surface area contributed by atoms with Crippen LogP contribution in [0.1, 0.15) is 0 Å². The van der Waals surface area contributed by atoms with E-state index in [1.807, 2.05) is 0 Å². The fourth-order valence-corrected chi connectivity index (χ4v) is 2.36. The van der Waals surface area contributed by atoms with E-state index in [0.717, 1.165) is 18.2 Å². The number of rotatable bonds is 4. The van der Waals surface area contributed by atoms with Gasteiger partial charge in [0.05, 0.1) is 11.4 Å². The third-order valence-corrected chi connectivity index (χ3v) is 3.30. The van der Waals surface area contributed by atoms with E-state index in [1.54, 1.807) is 24.3 Å². The molecule has 2 aromatic carbocycles. The van der Waals surface area contributed by atoms with Gasteiger partial charge >= 0.3 is 0 Å². The van der Waals surface area contributed by atoms with Gasteiger partial charge in [-0.1, -0.05) is 17.7 Å². The van der Waals surface area contributed by atoms with Crippen molar-refractivity contribution in [3.05, 3.63) is 65.2 Å². The molecule has 4 nitrogen and oxygen atoms in total. The number of ether oxygens (including phenoxy) is 1. The summed E-state index contributed by atoms with van der Waals surface area (Å²) in [6.07, 6.45) is 0. The highest BCUT2D eigenvalue weighted by atomic mass is 35.5. The minimum atomic E-state index is -0.725. The quantitative estimate of drug-likeness (QED) is 0.677. The first-order valence-corrected chi connectivity index (χ1v) is 6.87. The molecule has 0 fully saturated rings. The Morgan fingerprint density at radius 1 is 1.09 bits per heavy atom. The molecular weight excluding hydrogens is 326 g/mol. The van der Waals surface area contributed by atoms with Gasteiger partial charge in [-0.05, 0) is 30.3 Å². The first-order chi connectivity index (χ1) is 11.1. The lowest BCUT2D eigenvalue weighted by Crippen LogP contribution is -2.00. The van der Waals surface area contributed by atoms with Crippen LogP contribution in [0.4, 0.5) is 8.78 Å². The molecule has 0 amide bonds. The second kappa shape index (κ2) is 6.18. The molecule has 116 valence electrons. The number of carbonyl (C=O) groups excluding carboxylic acids is 1. The van der Waals surface area contributed by atoms with Crippen molar-refractivity contribution in [3.8, 4) is 22.8 Å². The van der Waals surface area contributed by atoms with Crippen LogP contribution in [0.5, 0.6) is 5.88 Å². The summed E-state index contributed by atoms with van der Waals surface area (Å²) in [4.78, 5) is 10.5. The molecular formula is C16H9ClF2N2O2. The van der Waals surface area contributed by atoms with Gasteiger partial charge in [-0.15, -0.1) is 5.10 Å². The van der Waals surface area contributed by atoms with E-state index in [0.29, 0.717) is 16.4 Å². The summed E-state index contributed by atoms with van der Waals surface area (Å²) >= 11 is 5.96. The third kappa shape index (κ3) is 3.22. The smallest absolute Gasteiger partial charge is 0.299 e. The van der Waals surface area contributed by atoms with Gasteiger partial charge in [0.2, 0.25) is 5.88 Å². The maximum atomic E-state index is 13.5. The van der Waals surface area contributed by atoms with Gasteiger partial charge in [-0.2, -0.15) is 0 Å². The van der Waals surface area contributed by atoms with Crippen LogP contribution in [0.3, 0.4) is 0 Å². The van der Waals surface area contributed by atoms with Crippen molar-refractivity contribution >= 4 is 18.1 Å². The molecule has 0 aliphatic rings. The molecule has 3 rings (SSSR count). The summed E-state index contributed by atoms with van der Waals surface area (Å²) in [6, 6.07) is 11.2. The molecule has 0 spiro atoms. The van der Waals surface area contributed by atoms with E-state index >= 15 is 0 Å². The Labute approximate surface area is 134 Å². The Morgan fingerprint density at radius 3 is 2.48 bits per heavy atom. The highest BCUT2D eigenvalue weighted by molar-refractivity contribution is 6.30. The SMILES string of the molecule is O=COc1cc(-c2cc(F)cc(F)c2)n(-c2cccc(Cl)c2)n1. The molecule has 0 aliphatic carbocycles. The van der Waals surface area contributed by atoms with Crippen LogP contribution in [0, 0.1) is 11.6 Å². The van der Waals surface area contributed by atoms with Gasteiger partial charge in [-0.25, -0.2) is 13.5 Å². The van der Waals surface area contributed by atoms with Crippen molar-refractivity contribution in [2.24, 2.45) is 0 Å². The van der Waals surface area contributed by atoms with Gasteiger partial charge in [0.25, 0.3) is 6.47 Å². The second-order valence-electron chi connectivity index (χ2n) is 4.63. The van der Waals surface area contributed by atoms with Crippen LogP contribution in [-0.4, -0.2) is 16.3 Å². The average molecular weight is 335 g/mol. The van der Waals surface area contributed by atoms with Gasteiger partial charge in [0.15, 0.2) is 0 Å². The van der Waals surface area contributed by atoms with E-state index in [4.69, 9.17) is 16.3 Å². The molecule has 0 unspecified atom stereocenters. The lowest BCUT2D eigenvalue weighted by molar-refractivity contribution is -0.120. The summed E-state index contributed by atoms with van der Waals surface area (Å²) in [5.74, 6) is -1.45. The van der Waals surface area contributed by atoms with Gasteiger partial charge in [0, 0.05) is 22.7 Å². The van der Waals surface area contributed by atoms with Crippen LogP contribution in [0.25, 0.3) is 16.9 Å². The number of aromatic nitrogens is 2. The standard InChI is InChI=1S/C16H9ClF2N2O2/c17-11-2-1-3-14(6-11)21-15(8-16(20-21)23-9-22)10-4-12(18)7-13(19)5-10/h1-9H. The zero-order valence-electron chi connectivity index (χ0n) is 11.5. The van der Waals surface area contributed by atoms with Gasteiger partial charge < -0.3 is 4.74 Å². The molecule has 23 heavy (non-hydrogen) atoms. The van der Waals surface area contributed by atoms with E-state index in [9.17, 15) is 13.6 Å². The molecule has 0 N–H and O–H groups in total. The number of hydrogen-bond acceptors (Lipinski definition) is 3. The number of halogens is 3. The zero-order chi connectivity index (χ0) is 16.4. The predicted octanol–water partition coefficient (Wildman–Crippen LogP) is 4.01. The number of hydrogen-bond donors (Lipinski definition) is 0. The Bertz CT molecular complexity index is 860. The summed E-state index contributed by atoms with van der Waals surface area (Å²) < 4.78 is 33.1. The minimum Gasteiger partial charge on any atom is -0.408 e. The van der Waals surface area contributed by atoms with Crippen LogP contribution in [0.2, 0.25) is 5.02 Å². The highest BCUT2D eigenvalue weighted by Gasteiger charge is 2.14. The second-order valence-corrected chi connectivity index (χ2v) is 5.07. The van der Waals surface area contributed by atoms with Crippen molar-refractivity contribution in [3.63, 3.8) is 0 Å². The summed E-state index contributed by atoms with van der Waals surface area (Å²) in [6.45, 7) is 0.223. The Hall–Kier alpha value is -2.73. The van der Waals surface area contributed by atoms with Crippen molar-refractivity contribution in [1.82, 2.24) is 9.78 Å². The zero-order valence-corrected chi connectivity index (χ0v) is 12.3. The molecule has 0 atom stereocenters. The monoisotopic (exact) mass is 334 g/mol.